The zero-order valence-electron chi connectivity index (χ0n) is 6.55. The molecule has 0 bridgehead atoms. The van der Waals surface area contributed by atoms with E-state index in [1.54, 1.807) is 0 Å². The van der Waals surface area contributed by atoms with Gasteiger partial charge < -0.3 is 14.6 Å². The minimum absolute atomic E-state index is 0.392. The predicted molar refractivity (Wildman–Crippen MR) is 45.2 cm³/mol. The van der Waals surface area contributed by atoms with Gasteiger partial charge in [0.1, 0.15) is 12.1 Å². The quantitative estimate of drug-likeness (QED) is 0.544. The van der Waals surface area contributed by atoms with Crippen molar-refractivity contribution in [3.05, 3.63) is 24.4 Å². The second-order valence-corrected chi connectivity index (χ2v) is 2.61. The van der Waals surface area contributed by atoms with E-state index in [4.69, 9.17) is 0 Å². The van der Waals surface area contributed by atoms with Crippen LogP contribution in [0.25, 0.3) is 0 Å². The van der Waals surface area contributed by atoms with Crippen LogP contribution in [0.5, 0.6) is 0 Å². The third-order valence-corrected chi connectivity index (χ3v) is 1.80. The van der Waals surface area contributed by atoms with Crippen LogP contribution in [0.2, 0.25) is 0 Å². The SMILES string of the molecule is O=CCN1C=CN2CC=NC2=C1. The normalized spacial score (nSPS) is 19.5. The molecule has 4 heteroatoms. The molecule has 0 aromatic heterocycles. The van der Waals surface area contributed by atoms with Crippen LogP contribution < -0.4 is 0 Å². The third kappa shape index (κ3) is 1.11. The average Bonchev–Trinajstić information content (AvgIpc) is 2.51. The molecule has 0 aliphatic carbocycles. The van der Waals surface area contributed by atoms with Crippen LogP contribution in [-0.4, -0.2) is 35.4 Å². The van der Waals surface area contributed by atoms with E-state index in [-0.39, 0.29) is 0 Å². The maximum atomic E-state index is 10.2. The molecule has 0 saturated carbocycles. The first-order valence-corrected chi connectivity index (χ1v) is 3.79. The summed E-state index contributed by atoms with van der Waals surface area (Å²) in [7, 11) is 0. The number of aliphatic imine (C=N–C) groups is 1. The summed E-state index contributed by atoms with van der Waals surface area (Å²) in [5, 5.41) is 0. The minimum Gasteiger partial charge on any atom is -0.342 e. The summed E-state index contributed by atoms with van der Waals surface area (Å²) in [5.41, 5.74) is 0. The van der Waals surface area contributed by atoms with E-state index >= 15 is 0 Å². The van der Waals surface area contributed by atoms with Gasteiger partial charge in [0, 0.05) is 24.8 Å². The van der Waals surface area contributed by atoms with E-state index in [0.29, 0.717) is 6.54 Å². The van der Waals surface area contributed by atoms with Gasteiger partial charge in [-0.05, 0) is 0 Å². The van der Waals surface area contributed by atoms with Crippen molar-refractivity contribution in [3.63, 3.8) is 0 Å². The molecule has 12 heavy (non-hydrogen) atoms. The lowest BCUT2D eigenvalue weighted by Crippen LogP contribution is -2.23. The van der Waals surface area contributed by atoms with Crippen LogP contribution >= 0.6 is 0 Å². The Bertz CT molecular complexity index is 280. The van der Waals surface area contributed by atoms with E-state index in [0.717, 1.165) is 18.7 Å². The van der Waals surface area contributed by atoms with Gasteiger partial charge in [-0.2, -0.15) is 0 Å². The molecule has 0 aromatic carbocycles. The molecular weight excluding hydrogens is 154 g/mol. The zero-order chi connectivity index (χ0) is 8.39. The van der Waals surface area contributed by atoms with Crippen LogP contribution in [0.3, 0.4) is 0 Å². The zero-order valence-corrected chi connectivity index (χ0v) is 6.55. The van der Waals surface area contributed by atoms with Crippen molar-refractivity contribution in [3.8, 4) is 0 Å². The van der Waals surface area contributed by atoms with E-state index in [1.165, 1.54) is 0 Å². The monoisotopic (exact) mass is 163 g/mol. The second-order valence-electron chi connectivity index (χ2n) is 2.61. The molecule has 2 heterocycles. The first-order chi connectivity index (χ1) is 5.90. The molecular formula is C8H9N3O. The molecule has 0 fully saturated rings. The number of rotatable bonds is 2. The number of carbonyl (C=O) groups excluding carboxylic acids is 1. The van der Waals surface area contributed by atoms with Gasteiger partial charge in [0.05, 0.1) is 13.1 Å². The van der Waals surface area contributed by atoms with Crippen LogP contribution in [-0.2, 0) is 4.79 Å². The van der Waals surface area contributed by atoms with Gasteiger partial charge >= 0.3 is 0 Å². The maximum absolute atomic E-state index is 10.2. The van der Waals surface area contributed by atoms with Gasteiger partial charge in [0.15, 0.2) is 0 Å². The lowest BCUT2D eigenvalue weighted by atomic mass is 10.5. The van der Waals surface area contributed by atoms with Gasteiger partial charge in [-0.15, -0.1) is 0 Å². The van der Waals surface area contributed by atoms with Crippen molar-refractivity contribution < 1.29 is 4.79 Å². The molecule has 4 nitrogen and oxygen atoms in total. The summed E-state index contributed by atoms with van der Waals surface area (Å²) < 4.78 is 0. The maximum Gasteiger partial charge on any atom is 0.148 e. The Kier molecular flexibility index (Phi) is 1.66. The number of hydrogen-bond acceptors (Lipinski definition) is 4. The molecule has 0 saturated heterocycles. The van der Waals surface area contributed by atoms with Crippen LogP contribution in [0.1, 0.15) is 0 Å². The fourth-order valence-corrected chi connectivity index (χ4v) is 1.19. The van der Waals surface area contributed by atoms with E-state index in [1.807, 2.05) is 34.6 Å². The van der Waals surface area contributed by atoms with Gasteiger partial charge in [-0.1, -0.05) is 0 Å². The number of carbonyl (C=O) groups is 1. The summed E-state index contributed by atoms with van der Waals surface area (Å²) in [6.45, 7) is 1.22. The van der Waals surface area contributed by atoms with E-state index in [9.17, 15) is 4.79 Å². The molecule has 62 valence electrons. The Morgan fingerprint density at radius 1 is 1.58 bits per heavy atom. The highest BCUT2D eigenvalue weighted by molar-refractivity contribution is 5.65. The van der Waals surface area contributed by atoms with Gasteiger partial charge in [-0.25, -0.2) is 4.99 Å². The van der Waals surface area contributed by atoms with Gasteiger partial charge in [0.2, 0.25) is 0 Å². The molecule has 0 amide bonds. The molecule has 0 radical (unpaired) electrons. The van der Waals surface area contributed by atoms with Crippen LogP contribution in [0, 0.1) is 0 Å². The van der Waals surface area contributed by atoms with Gasteiger partial charge in [0.25, 0.3) is 0 Å². The summed E-state index contributed by atoms with van der Waals surface area (Å²) in [4.78, 5) is 18.2. The van der Waals surface area contributed by atoms with Crippen molar-refractivity contribution in [1.82, 2.24) is 9.80 Å². The first-order valence-electron chi connectivity index (χ1n) is 3.79. The van der Waals surface area contributed by atoms with E-state index in [2.05, 4.69) is 4.99 Å². The number of hydrogen-bond donors (Lipinski definition) is 0. The number of fused-ring (bicyclic) bond motifs is 1. The number of aldehydes is 1. The molecule has 2 rings (SSSR count). The molecule has 0 spiro atoms. The number of nitrogens with zero attached hydrogens (tertiary/aromatic N) is 3. The smallest absolute Gasteiger partial charge is 0.148 e. The first kappa shape index (κ1) is 7.09. The standard InChI is InChI=1S/C8H9N3O/c12-6-5-10-3-4-11-2-1-9-8(11)7-10/h1,3-4,6-7H,2,5H2. The molecule has 0 aromatic rings. The average molecular weight is 163 g/mol. The Balaban J connectivity index is 2.13. The molecule has 2 aliphatic rings. The Hall–Kier alpha value is -1.58. The van der Waals surface area contributed by atoms with Gasteiger partial charge in [-0.3, -0.25) is 0 Å². The third-order valence-electron chi connectivity index (χ3n) is 1.80. The molecule has 0 N–H and O–H groups in total. The summed E-state index contributed by atoms with van der Waals surface area (Å²) in [5.74, 6) is 0.902. The van der Waals surface area contributed by atoms with Crippen LogP contribution in [0.15, 0.2) is 29.4 Å². The topological polar surface area (TPSA) is 35.9 Å². The fraction of sp³-hybridized carbons (Fsp3) is 0.250. The van der Waals surface area contributed by atoms with E-state index < -0.39 is 0 Å². The van der Waals surface area contributed by atoms with Crippen LogP contribution in [0.4, 0.5) is 0 Å². The second kappa shape index (κ2) is 2.81. The highest BCUT2D eigenvalue weighted by Crippen LogP contribution is 2.16. The Morgan fingerprint density at radius 2 is 2.50 bits per heavy atom. The highest BCUT2D eigenvalue weighted by Gasteiger charge is 2.14. The lowest BCUT2D eigenvalue weighted by molar-refractivity contribution is -0.108. The van der Waals surface area contributed by atoms with Crippen molar-refractivity contribution in [2.24, 2.45) is 4.99 Å². The molecule has 0 atom stereocenters. The summed E-state index contributed by atoms with van der Waals surface area (Å²) in [6.07, 6.45) is 8.37. The summed E-state index contributed by atoms with van der Waals surface area (Å²) >= 11 is 0. The van der Waals surface area contributed by atoms with Crippen molar-refractivity contribution >= 4 is 12.5 Å². The largest absolute Gasteiger partial charge is 0.342 e. The molecule has 0 unspecified atom stereocenters. The summed E-state index contributed by atoms with van der Waals surface area (Å²) in [6, 6.07) is 0. The highest BCUT2D eigenvalue weighted by atomic mass is 16.1. The van der Waals surface area contributed by atoms with Crippen molar-refractivity contribution in [2.45, 2.75) is 0 Å². The molecule has 2 aliphatic heterocycles. The Morgan fingerprint density at radius 3 is 3.33 bits per heavy atom. The van der Waals surface area contributed by atoms with Crippen molar-refractivity contribution in [2.75, 3.05) is 13.1 Å². The minimum atomic E-state index is 0.392. The predicted octanol–water partition coefficient (Wildman–Crippen LogP) is 0.157. The Labute approximate surface area is 70.5 Å². The fourth-order valence-electron chi connectivity index (χ4n) is 1.19. The van der Waals surface area contributed by atoms with Crippen molar-refractivity contribution in [1.29, 1.82) is 0 Å². The lowest BCUT2D eigenvalue weighted by Gasteiger charge is -2.22.